The first kappa shape index (κ1) is 16.8. The van der Waals surface area contributed by atoms with E-state index in [1.807, 2.05) is 18.2 Å². The van der Waals surface area contributed by atoms with E-state index >= 15 is 0 Å². The smallest absolute Gasteiger partial charge is 0.225 e. The molecule has 1 aromatic carbocycles. The Labute approximate surface area is 153 Å². The van der Waals surface area contributed by atoms with Crippen molar-refractivity contribution in [3.8, 4) is 5.75 Å². The van der Waals surface area contributed by atoms with Crippen LogP contribution in [0.5, 0.6) is 5.75 Å². The van der Waals surface area contributed by atoms with E-state index in [1.165, 1.54) is 0 Å². The molecule has 0 unspecified atom stereocenters. The Morgan fingerprint density at radius 2 is 2.12 bits per heavy atom. The lowest BCUT2D eigenvalue weighted by Gasteiger charge is -2.33. The van der Waals surface area contributed by atoms with Gasteiger partial charge >= 0.3 is 0 Å². The van der Waals surface area contributed by atoms with Crippen LogP contribution in [0.1, 0.15) is 37.3 Å². The molecular weight excluding hydrogens is 328 g/mol. The number of carbonyl (C=O) groups excluding carboxylic acids is 1. The molecule has 3 heterocycles. The van der Waals surface area contributed by atoms with Gasteiger partial charge in [0, 0.05) is 31.0 Å². The van der Waals surface area contributed by atoms with Crippen molar-refractivity contribution < 1.29 is 9.53 Å². The Morgan fingerprint density at radius 1 is 1.19 bits per heavy atom. The Balaban J connectivity index is 1.45. The molecule has 1 N–H and O–H groups in total. The number of aromatic nitrogens is 2. The zero-order valence-corrected chi connectivity index (χ0v) is 14.8. The van der Waals surface area contributed by atoms with Gasteiger partial charge in [0.15, 0.2) is 0 Å². The third-order valence-corrected chi connectivity index (χ3v) is 5.17. The Morgan fingerprint density at radius 3 is 3.00 bits per heavy atom. The van der Waals surface area contributed by atoms with Crippen molar-refractivity contribution in [2.24, 2.45) is 5.92 Å². The molecule has 2 aliphatic rings. The summed E-state index contributed by atoms with van der Waals surface area (Å²) in [5.74, 6) is 1.83. The van der Waals surface area contributed by atoms with E-state index in [4.69, 9.17) is 4.74 Å². The zero-order valence-electron chi connectivity index (χ0n) is 14.8. The van der Waals surface area contributed by atoms with Gasteiger partial charge in [-0.25, -0.2) is 4.98 Å². The Bertz CT molecular complexity index is 752. The monoisotopic (exact) mass is 352 g/mol. The second kappa shape index (κ2) is 7.72. The predicted octanol–water partition coefficient (Wildman–Crippen LogP) is 2.72. The third kappa shape index (κ3) is 3.64. The Hall–Kier alpha value is -2.63. The zero-order chi connectivity index (χ0) is 17.8. The van der Waals surface area contributed by atoms with Crippen LogP contribution < -0.4 is 15.0 Å². The number of rotatable bonds is 3. The van der Waals surface area contributed by atoms with Crippen molar-refractivity contribution in [2.75, 3.05) is 24.6 Å². The first-order chi connectivity index (χ1) is 12.8. The van der Waals surface area contributed by atoms with Crippen molar-refractivity contribution in [1.29, 1.82) is 0 Å². The Kier molecular flexibility index (Phi) is 5.00. The molecule has 0 saturated carbocycles. The molecular formula is C20H24N4O2. The van der Waals surface area contributed by atoms with Crippen LogP contribution in [0.3, 0.4) is 0 Å². The number of hydrogen-bond donors (Lipinski definition) is 1. The van der Waals surface area contributed by atoms with Crippen LogP contribution in [0.15, 0.2) is 42.9 Å². The number of para-hydroxylation sites is 1. The van der Waals surface area contributed by atoms with Crippen LogP contribution in [-0.4, -0.2) is 35.6 Å². The molecule has 1 saturated heterocycles. The van der Waals surface area contributed by atoms with Gasteiger partial charge in [-0.2, -0.15) is 0 Å². The maximum absolute atomic E-state index is 13.0. The molecule has 1 fully saturated rings. The van der Waals surface area contributed by atoms with E-state index in [-0.39, 0.29) is 17.9 Å². The lowest BCUT2D eigenvalue weighted by molar-refractivity contribution is -0.126. The fraction of sp³-hybridized carbons (Fsp3) is 0.450. The third-order valence-electron chi connectivity index (χ3n) is 5.17. The van der Waals surface area contributed by atoms with Gasteiger partial charge in [0.1, 0.15) is 11.6 Å². The van der Waals surface area contributed by atoms with Crippen molar-refractivity contribution in [2.45, 2.75) is 31.7 Å². The molecule has 1 aromatic heterocycles. The molecule has 1 amide bonds. The lowest BCUT2D eigenvalue weighted by atomic mass is 9.95. The number of fused-ring (bicyclic) bond motifs is 1. The highest BCUT2D eigenvalue weighted by Gasteiger charge is 2.29. The minimum atomic E-state index is -0.0258. The molecule has 2 aliphatic heterocycles. The normalized spacial score (nSPS) is 22.7. The van der Waals surface area contributed by atoms with Crippen molar-refractivity contribution in [3.63, 3.8) is 0 Å². The van der Waals surface area contributed by atoms with Gasteiger partial charge in [0.2, 0.25) is 5.91 Å². The van der Waals surface area contributed by atoms with Gasteiger partial charge in [-0.1, -0.05) is 18.2 Å². The standard InChI is InChI=1S/C20H24N4O2/c25-20(15-5-3-11-24(14-15)19-13-21-9-10-22-19)23-17-7-4-12-26-18-8-2-1-6-16(17)18/h1-2,6,8-10,13,15,17H,3-5,7,11-12,14H2,(H,23,25)/t15-,17+/m1/s1. The molecule has 0 aliphatic carbocycles. The number of anilines is 1. The second-order valence-electron chi connectivity index (χ2n) is 6.94. The van der Waals surface area contributed by atoms with E-state index in [9.17, 15) is 4.79 Å². The lowest BCUT2D eigenvalue weighted by Crippen LogP contribution is -2.44. The molecule has 0 radical (unpaired) electrons. The van der Waals surface area contributed by atoms with Gasteiger partial charge in [-0.3, -0.25) is 9.78 Å². The van der Waals surface area contributed by atoms with Crippen LogP contribution in [-0.2, 0) is 4.79 Å². The second-order valence-corrected chi connectivity index (χ2v) is 6.94. The minimum absolute atomic E-state index is 0.0214. The van der Waals surface area contributed by atoms with Crippen LogP contribution in [0.2, 0.25) is 0 Å². The average molecular weight is 352 g/mol. The first-order valence-electron chi connectivity index (χ1n) is 9.34. The fourth-order valence-corrected chi connectivity index (χ4v) is 3.82. The number of carbonyl (C=O) groups is 1. The quantitative estimate of drug-likeness (QED) is 0.920. The fourth-order valence-electron chi connectivity index (χ4n) is 3.82. The summed E-state index contributed by atoms with van der Waals surface area (Å²) in [7, 11) is 0. The number of nitrogens with zero attached hydrogens (tertiary/aromatic N) is 3. The summed E-state index contributed by atoms with van der Waals surface area (Å²) >= 11 is 0. The number of piperidine rings is 1. The van der Waals surface area contributed by atoms with Crippen molar-refractivity contribution >= 4 is 11.7 Å². The van der Waals surface area contributed by atoms with E-state index < -0.39 is 0 Å². The largest absolute Gasteiger partial charge is 0.493 e. The van der Waals surface area contributed by atoms with Gasteiger partial charge in [0.25, 0.3) is 0 Å². The summed E-state index contributed by atoms with van der Waals surface area (Å²) < 4.78 is 5.81. The van der Waals surface area contributed by atoms with Gasteiger partial charge < -0.3 is 15.0 Å². The molecule has 2 atom stereocenters. The molecule has 0 bridgehead atoms. The molecule has 6 heteroatoms. The van der Waals surface area contributed by atoms with Crippen LogP contribution in [0.25, 0.3) is 0 Å². The highest BCUT2D eigenvalue weighted by Crippen LogP contribution is 2.32. The minimum Gasteiger partial charge on any atom is -0.493 e. The summed E-state index contributed by atoms with van der Waals surface area (Å²) in [6.45, 7) is 2.31. The van der Waals surface area contributed by atoms with Crippen LogP contribution >= 0.6 is 0 Å². The van der Waals surface area contributed by atoms with E-state index in [0.29, 0.717) is 13.2 Å². The highest BCUT2D eigenvalue weighted by atomic mass is 16.5. The topological polar surface area (TPSA) is 67.3 Å². The van der Waals surface area contributed by atoms with Crippen LogP contribution in [0, 0.1) is 5.92 Å². The molecule has 26 heavy (non-hydrogen) atoms. The summed E-state index contributed by atoms with van der Waals surface area (Å²) in [5, 5.41) is 3.28. The molecule has 136 valence electrons. The highest BCUT2D eigenvalue weighted by molar-refractivity contribution is 5.80. The van der Waals surface area contributed by atoms with Crippen molar-refractivity contribution in [3.05, 3.63) is 48.4 Å². The summed E-state index contributed by atoms with van der Waals surface area (Å²) in [4.78, 5) is 23.6. The van der Waals surface area contributed by atoms with E-state index in [2.05, 4.69) is 26.3 Å². The maximum atomic E-state index is 13.0. The summed E-state index contributed by atoms with van der Waals surface area (Å²) in [6.07, 6.45) is 8.87. The van der Waals surface area contributed by atoms with Gasteiger partial charge in [-0.05, 0) is 31.7 Å². The van der Waals surface area contributed by atoms with E-state index in [1.54, 1.807) is 18.6 Å². The molecule has 0 spiro atoms. The number of nitrogens with one attached hydrogen (secondary N) is 1. The summed E-state index contributed by atoms with van der Waals surface area (Å²) in [5.41, 5.74) is 1.08. The SMILES string of the molecule is O=C(N[C@H]1CCCOc2ccccc21)[C@@H]1CCCN(c2cnccn2)C1. The molecule has 2 aromatic rings. The summed E-state index contributed by atoms with van der Waals surface area (Å²) in [6, 6.07) is 8.04. The maximum Gasteiger partial charge on any atom is 0.225 e. The molecule has 4 rings (SSSR count). The predicted molar refractivity (Wildman–Crippen MR) is 99.0 cm³/mol. The number of ether oxygens (including phenoxy) is 1. The average Bonchev–Trinajstić information content (AvgIpc) is 2.91. The van der Waals surface area contributed by atoms with E-state index in [0.717, 1.165) is 49.4 Å². The van der Waals surface area contributed by atoms with Crippen molar-refractivity contribution in [1.82, 2.24) is 15.3 Å². The number of hydrogen-bond acceptors (Lipinski definition) is 5. The first-order valence-corrected chi connectivity index (χ1v) is 9.34. The molecule has 6 nitrogen and oxygen atoms in total. The number of amides is 1. The van der Waals surface area contributed by atoms with Crippen LogP contribution in [0.4, 0.5) is 5.82 Å². The van der Waals surface area contributed by atoms with Gasteiger partial charge in [-0.15, -0.1) is 0 Å². The number of benzene rings is 1. The van der Waals surface area contributed by atoms with Gasteiger partial charge in [0.05, 0.1) is 24.8 Å².